The van der Waals surface area contributed by atoms with E-state index in [1.807, 2.05) is 19.3 Å². The number of nitrogens with one attached hydrogen (secondary N) is 2. The molecular weight excluding hydrogens is 364 g/mol. The van der Waals surface area contributed by atoms with E-state index >= 15 is 0 Å². The summed E-state index contributed by atoms with van der Waals surface area (Å²) >= 11 is 0. The number of rotatable bonds is 5. The Hall–Kier alpha value is -1.86. The topological polar surface area (TPSA) is 65.0 Å². The van der Waals surface area contributed by atoms with Crippen LogP contribution in [-0.4, -0.2) is 80.4 Å². The van der Waals surface area contributed by atoms with Crippen LogP contribution in [0.4, 0.5) is 5.82 Å². The van der Waals surface area contributed by atoms with Gasteiger partial charge in [-0.2, -0.15) is 0 Å². The van der Waals surface area contributed by atoms with E-state index in [0.717, 1.165) is 70.3 Å². The highest BCUT2D eigenvalue weighted by atomic mass is 16.5. The number of likely N-dealkylation sites (tertiary alicyclic amines) is 1. The third-order valence-electron chi connectivity index (χ3n) is 6.82. The van der Waals surface area contributed by atoms with Gasteiger partial charge in [-0.1, -0.05) is 6.07 Å². The van der Waals surface area contributed by atoms with Crippen LogP contribution in [0.25, 0.3) is 0 Å². The van der Waals surface area contributed by atoms with Crippen molar-refractivity contribution in [3.05, 3.63) is 24.4 Å². The summed E-state index contributed by atoms with van der Waals surface area (Å²) in [5, 5.41) is 7.33. The molecule has 0 saturated carbocycles. The van der Waals surface area contributed by atoms with Crippen molar-refractivity contribution in [2.75, 3.05) is 57.9 Å². The number of aromatic nitrogens is 1. The van der Waals surface area contributed by atoms with Gasteiger partial charge < -0.3 is 20.3 Å². The third-order valence-corrected chi connectivity index (χ3v) is 6.82. The summed E-state index contributed by atoms with van der Waals surface area (Å²) < 4.78 is 5.68. The summed E-state index contributed by atoms with van der Waals surface area (Å²) in [6, 6.07) is 6.59. The molecule has 0 unspecified atom stereocenters. The highest BCUT2D eigenvalue weighted by Crippen LogP contribution is 2.30. The third kappa shape index (κ3) is 5.01. The number of anilines is 1. The van der Waals surface area contributed by atoms with Crippen LogP contribution in [0.1, 0.15) is 38.5 Å². The van der Waals surface area contributed by atoms with Crippen LogP contribution in [0, 0.1) is 0 Å². The van der Waals surface area contributed by atoms with Crippen molar-refractivity contribution in [3.63, 3.8) is 0 Å². The molecule has 3 aliphatic rings. The average Bonchev–Trinajstić information content (AvgIpc) is 3.34. The number of ether oxygens (including phenoxy) is 1. The van der Waals surface area contributed by atoms with Crippen molar-refractivity contribution in [1.29, 1.82) is 0 Å². The molecule has 4 rings (SSSR count). The molecule has 1 aromatic rings. The highest BCUT2D eigenvalue weighted by molar-refractivity contribution is 5.80. The van der Waals surface area contributed by atoms with Crippen LogP contribution in [0.3, 0.4) is 0 Å². The molecule has 0 aromatic carbocycles. The Morgan fingerprint density at radius 1 is 1.17 bits per heavy atom. The predicted molar refractivity (Wildman–Crippen MR) is 118 cm³/mol. The Labute approximate surface area is 174 Å². The van der Waals surface area contributed by atoms with E-state index in [1.54, 1.807) is 0 Å². The SMILES string of the molecule is CN=C(NCC1(N2CCCC2)CCOCC1)NC1CCN(c2ccccn2)CC1. The van der Waals surface area contributed by atoms with Crippen LogP contribution in [0.15, 0.2) is 29.4 Å². The monoisotopic (exact) mass is 400 g/mol. The summed E-state index contributed by atoms with van der Waals surface area (Å²) in [4.78, 5) is 14.1. The van der Waals surface area contributed by atoms with Gasteiger partial charge in [-0.05, 0) is 63.7 Å². The lowest BCUT2D eigenvalue weighted by Gasteiger charge is -2.45. The van der Waals surface area contributed by atoms with E-state index in [9.17, 15) is 0 Å². The van der Waals surface area contributed by atoms with Crippen LogP contribution in [0.2, 0.25) is 0 Å². The predicted octanol–water partition coefficient (Wildman–Crippen LogP) is 1.86. The highest BCUT2D eigenvalue weighted by Gasteiger charge is 2.39. The van der Waals surface area contributed by atoms with Gasteiger partial charge in [0.25, 0.3) is 0 Å². The molecule has 0 aliphatic carbocycles. The molecule has 160 valence electrons. The van der Waals surface area contributed by atoms with Gasteiger partial charge in [0, 0.05) is 57.7 Å². The van der Waals surface area contributed by atoms with Crippen molar-refractivity contribution >= 4 is 11.8 Å². The molecule has 0 atom stereocenters. The molecule has 0 radical (unpaired) electrons. The van der Waals surface area contributed by atoms with Crippen LogP contribution < -0.4 is 15.5 Å². The lowest BCUT2D eigenvalue weighted by atomic mass is 9.88. The van der Waals surface area contributed by atoms with E-state index in [0.29, 0.717) is 6.04 Å². The number of hydrogen-bond donors (Lipinski definition) is 2. The zero-order chi connectivity index (χ0) is 19.9. The van der Waals surface area contributed by atoms with Gasteiger partial charge in [-0.3, -0.25) is 9.89 Å². The number of aliphatic imine (C=N–C) groups is 1. The molecule has 1 aromatic heterocycles. The standard InChI is InChI=1S/C22H36N6O/c1-23-21(25-18-22(9-16-29-17-10-22)28-12-4-5-13-28)26-19-7-14-27(15-8-19)20-6-2-3-11-24-20/h2-3,6,11,19H,4-5,7-10,12-18H2,1H3,(H2,23,25,26). The van der Waals surface area contributed by atoms with Gasteiger partial charge in [0.05, 0.1) is 0 Å². The maximum atomic E-state index is 5.68. The summed E-state index contributed by atoms with van der Waals surface area (Å²) in [5.74, 6) is 2.02. The molecule has 3 saturated heterocycles. The minimum Gasteiger partial charge on any atom is -0.381 e. The number of piperidine rings is 1. The Kier molecular flexibility index (Phi) is 6.87. The lowest BCUT2D eigenvalue weighted by molar-refractivity contribution is -0.0164. The minimum atomic E-state index is 0.217. The quantitative estimate of drug-likeness (QED) is 0.581. The van der Waals surface area contributed by atoms with E-state index in [1.165, 1.54) is 25.9 Å². The van der Waals surface area contributed by atoms with Crippen molar-refractivity contribution in [2.24, 2.45) is 4.99 Å². The first-order valence-electron chi connectivity index (χ1n) is 11.3. The fourth-order valence-electron chi connectivity index (χ4n) is 4.98. The maximum absolute atomic E-state index is 5.68. The Morgan fingerprint density at radius 3 is 2.59 bits per heavy atom. The summed E-state index contributed by atoms with van der Waals surface area (Å²) in [5.41, 5.74) is 0.217. The van der Waals surface area contributed by atoms with Gasteiger partial charge in [0.15, 0.2) is 5.96 Å². The zero-order valence-electron chi connectivity index (χ0n) is 17.8. The van der Waals surface area contributed by atoms with Gasteiger partial charge in [-0.25, -0.2) is 4.98 Å². The second kappa shape index (κ2) is 9.76. The Balaban J connectivity index is 1.28. The molecular formula is C22H36N6O. The first kappa shape index (κ1) is 20.4. The van der Waals surface area contributed by atoms with Gasteiger partial charge >= 0.3 is 0 Å². The van der Waals surface area contributed by atoms with Gasteiger partial charge in [-0.15, -0.1) is 0 Å². The largest absolute Gasteiger partial charge is 0.381 e. The van der Waals surface area contributed by atoms with Crippen molar-refractivity contribution in [1.82, 2.24) is 20.5 Å². The second-order valence-electron chi connectivity index (χ2n) is 8.55. The molecule has 0 bridgehead atoms. The average molecular weight is 401 g/mol. The molecule has 29 heavy (non-hydrogen) atoms. The molecule has 3 aliphatic heterocycles. The molecule has 7 nitrogen and oxygen atoms in total. The number of nitrogens with zero attached hydrogens (tertiary/aromatic N) is 4. The van der Waals surface area contributed by atoms with Crippen molar-refractivity contribution in [2.45, 2.75) is 50.1 Å². The van der Waals surface area contributed by atoms with E-state index in [-0.39, 0.29) is 5.54 Å². The summed E-state index contributed by atoms with van der Waals surface area (Å²) in [7, 11) is 1.88. The number of guanidine groups is 1. The molecule has 0 spiro atoms. The number of pyridine rings is 1. The fraction of sp³-hybridized carbons (Fsp3) is 0.727. The molecule has 0 amide bonds. The van der Waals surface area contributed by atoms with Crippen molar-refractivity contribution < 1.29 is 4.74 Å². The van der Waals surface area contributed by atoms with Crippen LogP contribution in [-0.2, 0) is 4.74 Å². The zero-order valence-corrected chi connectivity index (χ0v) is 17.8. The van der Waals surface area contributed by atoms with E-state index in [2.05, 4.69) is 42.5 Å². The minimum absolute atomic E-state index is 0.217. The molecule has 2 N–H and O–H groups in total. The first-order chi connectivity index (χ1) is 14.3. The molecule has 4 heterocycles. The normalized spacial score (nSPS) is 23.9. The Bertz CT molecular complexity index is 647. The second-order valence-corrected chi connectivity index (χ2v) is 8.55. The lowest BCUT2D eigenvalue weighted by Crippen LogP contribution is -2.59. The van der Waals surface area contributed by atoms with Gasteiger partial charge in [0.1, 0.15) is 5.82 Å². The summed E-state index contributed by atoms with van der Waals surface area (Å²) in [6.45, 7) is 7.19. The van der Waals surface area contributed by atoms with Crippen LogP contribution in [0.5, 0.6) is 0 Å². The Morgan fingerprint density at radius 2 is 1.93 bits per heavy atom. The number of hydrogen-bond acceptors (Lipinski definition) is 5. The fourth-order valence-corrected chi connectivity index (χ4v) is 4.98. The smallest absolute Gasteiger partial charge is 0.191 e. The van der Waals surface area contributed by atoms with Crippen LogP contribution >= 0.6 is 0 Å². The van der Waals surface area contributed by atoms with Crippen molar-refractivity contribution in [3.8, 4) is 0 Å². The van der Waals surface area contributed by atoms with E-state index in [4.69, 9.17) is 4.74 Å². The summed E-state index contributed by atoms with van der Waals surface area (Å²) in [6.07, 6.45) is 8.94. The van der Waals surface area contributed by atoms with Gasteiger partial charge in [0.2, 0.25) is 0 Å². The maximum Gasteiger partial charge on any atom is 0.191 e. The van der Waals surface area contributed by atoms with E-state index < -0.39 is 0 Å². The molecule has 7 heteroatoms. The molecule has 3 fully saturated rings. The first-order valence-corrected chi connectivity index (χ1v) is 11.3.